The number of methoxy groups -OCH3 is 1. The molecule has 12 heteroatoms. The van der Waals surface area contributed by atoms with Gasteiger partial charge in [0, 0.05) is 39.1 Å². The van der Waals surface area contributed by atoms with E-state index in [4.69, 9.17) is 16.3 Å². The summed E-state index contributed by atoms with van der Waals surface area (Å²) in [5, 5.41) is 0.459. The predicted molar refractivity (Wildman–Crippen MR) is 178 cm³/mol. The average Bonchev–Trinajstić information content (AvgIpc) is 3.46. The minimum absolute atomic E-state index is 0.00925. The number of benzene rings is 3. The molecule has 246 valence electrons. The predicted octanol–water partition coefficient (Wildman–Crippen LogP) is 7.80. The number of aromatic nitrogens is 3. The van der Waals surface area contributed by atoms with E-state index in [2.05, 4.69) is 4.98 Å². The average molecular weight is 701 g/mol. The van der Waals surface area contributed by atoms with Crippen molar-refractivity contribution >= 4 is 33.2 Å². The number of pyridine rings is 1. The summed E-state index contributed by atoms with van der Waals surface area (Å²) in [7, 11) is -0.491. The number of hydrogen-bond donors (Lipinski definition) is 0. The molecule has 0 amide bonds. The van der Waals surface area contributed by atoms with Gasteiger partial charge >= 0.3 is 0 Å². The van der Waals surface area contributed by atoms with Crippen LogP contribution in [0.1, 0.15) is 42.7 Å². The summed E-state index contributed by atoms with van der Waals surface area (Å²) in [6.45, 7) is 3.89. The van der Waals surface area contributed by atoms with Crippen molar-refractivity contribution in [3.63, 3.8) is 0 Å². The smallest absolute Gasteiger partial charge is 0.178 e. The molecular formula is C35H34ClF3N3O3S2+. The Morgan fingerprint density at radius 1 is 1.02 bits per heavy atom. The molecule has 2 heterocycles. The second kappa shape index (κ2) is 14.1. The third kappa shape index (κ3) is 7.69. The first kappa shape index (κ1) is 34.5. The zero-order chi connectivity index (χ0) is 33.9. The quantitative estimate of drug-likeness (QED) is 0.0982. The highest BCUT2D eigenvalue weighted by Gasteiger charge is 2.31. The van der Waals surface area contributed by atoms with Crippen molar-refractivity contribution in [2.75, 3.05) is 12.9 Å². The molecule has 0 saturated heterocycles. The SMILES string of the molecule is COc1cc(C(C)(C)c2cnc(SCc3c(F)cc(S(=O)(=O)CCCc4ccc[n+](C)c4)cc3Cl)n2-c2ccc(F)cc2)ccc1F. The summed E-state index contributed by atoms with van der Waals surface area (Å²) in [6, 6.07) is 16.6. The highest BCUT2D eigenvalue weighted by molar-refractivity contribution is 7.98. The lowest BCUT2D eigenvalue weighted by molar-refractivity contribution is -0.671. The van der Waals surface area contributed by atoms with E-state index in [9.17, 15) is 17.2 Å². The minimum Gasteiger partial charge on any atom is -0.494 e. The summed E-state index contributed by atoms with van der Waals surface area (Å²) in [6.07, 6.45) is 6.43. The van der Waals surface area contributed by atoms with E-state index < -0.39 is 32.7 Å². The van der Waals surface area contributed by atoms with Crippen LogP contribution in [0.5, 0.6) is 5.75 Å². The van der Waals surface area contributed by atoms with Crippen LogP contribution in [0.3, 0.4) is 0 Å². The summed E-state index contributed by atoms with van der Waals surface area (Å²) in [5.74, 6) is -1.65. The Balaban J connectivity index is 1.41. The zero-order valence-corrected chi connectivity index (χ0v) is 28.7. The molecular weight excluding hydrogens is 667 g/mol. The topological polar surface area (TPSA) is 65.1 Å². The van der Waals surface area contributed by atoms with Crippen molar-refractivity contribution in [2.24, 2.45) is 7.05 Å². The summed E-state index contributed by atoms with van der Waals surface area (Å²) >= 11 is 7.69. The molecule has 3 aromatic carbocycles. The fourth-order valence-corrected chi connectivity index (χ4v) is 8.12. The van der Waals surface area contributed by atoms with Gasteiger partial charge in [0.2, 0.25) is 0 Å². The third-order valence-electron chi connectivity index (χ3n) is 8.03. The van der Waals surface area contributed by atoms with Gasteiger partial charge in [-0.05, 0) is 73.0 Å². The number of nitrogens with zero attached hydrogens (tertiary/aromatic N) is 3. The largest absolute Gasteiger partial charge is 0.494 e. The van der Waals surface area contributed by atoms with Gasteiger partial charge in [0.15, 0.2) is 39.0 Å². The van der Waals surface area contributed by atoms with Gasteiger partial charge < -0.3 is 4.74 Å². The van der Waals surface area contributed by atoms with Crippen LogP contribution >= 0.6 is 23.4 Å². The van der Waals surface area contributed by atoms with Crippen LogP contribution in [0.4, 0.5) is 13.2 Å². The molecule has 5 rings (SSSR count). The van der Waals surface area contributed by atoms with Crippen molar-refractivity contribution in [1.29, 1.82) is 0 Å². The molecule has 0 aliphatic rings. The van der Waals surface area contributed by atoms with Gasteiger partial charge in [-0.3, -0.25) is 4.57 Å². The van der Waals surface area contributed by atoms with Crippen LogP contribution in [0.25, 0.3) is 5.69 Å². The lowest BCUT2D eigenvalue weighted by Crippen LogP contribution is -2.26. The van der Waals surface area contributed by atoms with Crippen LogP contribution in [0.2, 0.25) is 5.02 Å². The Morgan fingerprint density at radius 2 is 1.77 bits per heavy atom. The second-order valence-electron chi connectivity index (χ2n) is 11.7. The Labute approximate surface area is 282 Å². The highest BCUT2D eigenvalue weighted by atomic mass is 35.5. The maximum Gasteiger partial charge on any atom is 0.178 e. The fourth-order valence-electron chi connectivity index (χ4n) is 5.33. The third-order valence-corrected chi connectivity index (χ3v) is 11.1. The number of aryl methyl sites for hydroxylation is 2. The first-order valence-corrected chi connectivity index (χ1v) is 17.8. The van der Waals surface area contributed by atoms with Gasteiger partial charge in [0.1, 0.15) is 18.7 Å². The van der Waals surface area contributed by atoms with E-state index in [0.29, 0.717) is 29.4 Å². The summed E-state index contributed by atoms with van der Waals surface area (Å²) < 4.78 is 78.7. The van der Waals surface area contributed by atoms with Crippen LogP contribution < -0.4 is 9.30 Å². The Bertz CT molecular complexity index is 1990. The molecule has 0 fully saturated rings. The molecule has 6 nitrogen and oxygen atoms in total. The number of hydrogen-bond acceptors (Lipinski definition) is 5. The van der Waals surface area contributed by atoms with E-state index in [1.807, 2.05) is 54.6 Å². The molecule has 0 radical (unpaired) electrons. The number of halogens is 4. The van der Waals surface area contributed by atoms with E-state index in [0.717, 1.165) is 17.2 Å². The van der Waals surface area contributed by atoms with Gasteiger partial charge in [0.25, 0.3) is 0 Å². The molecule has 0 atom stereocenters. The molecule has 0 unspecified atom stereocenters. The first-order valence-electron chi connectivity index (χ1n) is 14.8. The molecule has 0 bridgehead atoms. The normalized spacial score (nSPS) is 12.0. The van der Waals surface area contributed by atoms with Crippen molar-refractivity contribution < 1.29 is 30.9 Å². The number of rotatable bonds is 12. The van der Waals surface area contributed by atoms with Crippen molar-refractivity contribution in [1.82, 2.24) is 9.55 Å². The molecule has 0 spiro atoms. The highest BCUT2D eigenvalue weighted by Crippen LogP contribution is 2.39. The minimum atomic E-state index is -3.78. The molecule has 2 aromatic heterocycles. The zero-order valence-electron chi connectivity index (χ0n) is 26.3. The standard InChI is InChI=1S/C35H34ClF3N3O3S2/c1-35(2,24-9-14-30(38)32(17-24)45-4)33-20-40-34(42(33)26-12-10-25(37)11-13-26)46-22-28-29(36)18-27(19-31(28)39)47(43,44)16-6-8-23-7-5-15-41(3)21-23/h5,7,9-15,17-21H,6,8,16,22H2,1-4H3/q+1. The Morgan fingerprint density at radius 3 is 2.45 bits per heavy atom. The van der Waals surface area contributed by atoms with Crippen LogP contribution in [-0.2, 0) is 34.5 Å². The maximum atomic E-state index is 15.5. The molecule has 0 N–H and O–H groups in total. The van der Waals surface area contributed by atoms with Crippen LogP contribution in [0, 0.1) is 17.5 Å². The van der Waals surface area contributed by atoms with E-state index in [1.165, 1.54) is 43.1 Å². The van der Waals surface area contributed by atoms with Gasteiger partial charge in [-0.25, -0.2) is 31.1 Å². The van der Waals surface area contributed by atoms with E-state index >= 15 is 4.39 Å². The summed E-state index contributed by atoms with van der Waals surface area (Å²) in [4.78, 5) is 4.46. The fraction of sp³-hybridized carbons (Fsp3) is 0.257. The first-order chi connectivity index (χ1) is 22.3. The van der Waals surface area contributed by atoms with Crippen LogP contribution in [0.15, 0.2) is 95.4 Å². The lowest BCUT2D eigenvalue weighted by Gasteiger charge is -2.28. The number of ether oxygens (including phenoxy) is 1. The molecule has 5 aromatic rings. The van der Waals surface area contributed by atoms with Gasteiger partial charge in [0.05, 0.1) is 29.6 Å². The number of thioether (sulfide) groups is 1. The van der Waals surface area contributed by atoms with Gasteiger partial charge in [-0.15, -0.1) is 0 Å². The van der Waals surface area contributed by atoms with Gasteiger partial charge in [-0.2, -0.15) is 0 Å². The molecule has 47 heavy (non-hydrogen) atoms. The van der Waals surface area contributed by atoms with Crippen molar-refractivity contribution in [3.05, 3.63) is 130 Å². The number of sulfone groups is 1. The molecule has 0 saturated carbocycles. The van der Waals surface area contributed by atoms with Crippen LogP contribution in [-0.4, -0.2) is 30.8 Å². The monoisotopic (exact) mass is 700 g/mol. The Hall–Kier alpha value is -3.80. The molecule has 0 aliphatic carbocycles. The number of imidazole rings is 1. The second-order valence-corrected chi connectivity index (χ2v) is 15.1. The summed E-state index contributed by atoms with van der Waals surface area (Å²) in [5.41, 5.74) is 2.48. The lowest BCUT2D eigenvalue weighted by atomic mass is 9.81. The van der Waals surface area contributed by atoms with Crippen molar-refractivity contribution in [3.8, 4) is 11.4 Å². The van der Waals surface area contributed by atoms with Gasteiger partial charge in [-0.1, -0.05) is 43.3 Å². The molecule has 0 aliphatic heterocycles. The van der Waals surface area contributed by atoms with E-state index in [-0.39, 0.29) is 32.7 Å². The maximum absolute atomic E-state index is 15.5. The van der Waals surface area contributed by atoms with E-state index in [1.54, 1.807) is 30.5 Å². The van der Waals surface area contributed by atoms with Crippen molar-refractivity contribution in [2.45, 2.75) is 47.9 Å². The Kier molecular flexibility index (Phi) is 10.4.